The summed E-state index contributed by atoms with van der Waals surface area (Å²) in [4.78, 5) is 9.80. The zero-order valence-electron chi connectivity index (χ0n) is 4.14. The molecule has 1 radical (unpaired) electrons. The van der Waals surface area contributed by atoms with Crippen molar-refractivity contribution < 1.29 is 14.3 Å². The fraction of sp³-hybridized carbons (Fsp3) is 0.500. The highest BCUT2D eigenvalue weighted by molar-refractivity contribution is 5.61. The van der Waals surface area contributed by atoms with Crippen LogP contribution in [0.15, 0.2) is 0 Å². The first-order valence-electron chi connectivity index (χ1n) is 1.69. The van der Waals surface area contributed by atoms with E-state index in [9.17, 15) is 4.79 Å². The minimum Gasteiger partial charge on any atom is -0.431 e. The van der Waals surface area contributed by atoms with Crippen LogP contribution in [0, 0.1) is 7.43 Å². The van der Waals surface area contributed by atoms with Crippen molar-refractivity contribution in [3.8, 4) is 0 Å². The van der Waals surface area contributed by atoms with Crippen LogP contribution < -0.4 is 0 Å². The summed E-state index contributed by atoms with van der Waals surface area (Å²) in [6.45, 7) is 0.831. The van der Waals surface area contributed by atoms with Crippen LogP contribution >= 0.6 is 0 Å². The van der Waals surface area contributed by atoms with Crippen LogP contribution in [-0.4, -0.2) is 19.4 Å². The van der Waals surface area contributed by atoms with Crippen LogP contribution in [0.4, 0.5) is 4.79 Å². The maximum Gasteiger partial charge on any atom is 0.508 e. The third-order valence-corrected chi connectivity index (χ3v) is 0.523. The molecule has 1 aliphatic heterocycles. The average Bonchev–Trinajstić information content (AvgIpc) is 1.86. The molecule has 0 aromatic heterocycles. The number of hydrogen-bond donors (Lipinski definition) is 0. The smallest absolute Gasteiger partial charge is 0.431 e. The molecule has 0 aromatic carbocycles. The molecule has 1 heterocycles. The van der Waals surface area contributed by atoms with E-state index in [0.717, 1.165) is 0 Å². The van der Waals surface area contributed by atoms with Crippen LogP contribution in [-0.2, 0) is 9.47 Å². The molecule has 0 bridgehead atoms. The predicted molar refractivity (Wildman–Crippen MR) is 23.7 cm³/mol. The molecule has 0 aromatic rings. The lowest BCUT2D eigenvalue weighted by Gasteiger charge is -1.78. The summed E-state index contributed by atoms with van der Waals surface area (Å²) >= 11 is 0. The van der Waals surface area contributed by atoms with Crippen molar-refractivity contribution in [2.45, 2.75) is 0 Å². The molecule has 3 heteroatoms. The molecule has 0 aliphatic carbocycles. The van der Waals surface area contributed by atoms with E-state index in [2.05, 4.69) is 9.47 Å². The molecule has 0 N–H and O–H groups in total. The number of hydrogen-bond acceptors (Lipinski definition) is 3. The van der Waals surface area contributed by atoms with E-state index < -0.39 is 6.16 Å². The minimum atomic E-state index is -0.546. The van der Waals surface area contributed by atoms with Crippen molar-refractivity contribution in [3.63, 3.8) is 0 Å². The molecular formula is C4H7O3. The van der Waals surface area contributed by atoms with Crippen LogP contribution in [0.2, 0.25) is 0 Å². The first kappa shape index (κ1) is 6.27. The molecule has 1 fully saturated rings. The van der Waals surface area contributed by atoms with Gasteiger partial charge in [-0.2, -0.15) is 0 Å². The zero-order chi connectivity index (χ0) is 4.41. The summed E-state index contributed by atoms with van der Waals surface area (Å²) in [7, 11) is 0. The Morgan fingerprint density at radius 2 is 1.71 bits per heavy atom. The molecule has 0 saturated carbocycles. The maximum absolute atomic E-state index is 9.80. The lowest BCUT2D eigenvalue weighted by atomic mass is 10.8. The Hall–Kier alpha value is -0.730. The van der Waals surface area contributed by atoms with Gasteiger partial charge in [0, 0.05) is 0 Å². The van der Waals surface area contributed by atoms with Gasteiger partial charge in [0.25, 0.3) is 0 Å². The molecule has 41 valence electrons. The van der Waals surface area contributed by atoms with Crippen molar-refractivity contribution in [1.82, 2.24) is 0 Å². The van der Waals surface area contributed by atoms with Crippen molar-refractivity contribution >= 4 is 6.16 Å². The highest BCUT2D eigenvalue weighted by Gasteiger charge is 2.09. The van der Waals surface area contributed by atoms with Gasteiger partial charge in [0.2, 0.25) is 0 Å². The molecule has 0 atom stereocenters. The topological polar surface area (TPSA) is 35.5 Å². The van der Waals surface area contributed by atoms with Crippen LogP contribution in [0.3, 0.4) is 0 Å². The second-order valence-corrected chi connectivity index (χ2v) is 0.947. The second kappa shape index (κ2) is 2.44. The molecule has 0 amide bonds. The average molecular weight is 103 g/mol. The third-order valence-electron chi connectivity index (χ3n) is 0.523. The number of cyclic esters (lactones) is 2. The van der Waals surface area contributed by atoms with Gasteiger partial charge in [-0.05, 0) is 0 Å². The van der Waals surface area contributed by atoms with E-state index in [0.29, 0.717) is 13.2 Å². The summed E-state index contributed by atoms with van der Waals surface area (Å²) in [6, 6.07) is 0. The Morgan fingerprint density at radius 3 is 1.86 bits per heavy atom. The molecule has 1 saturated heterocycles. The highest BCUT2D eigenvalue weighted by Crippen LogP contribution is 1.92. The number of rotatable bonds is 0. The Balaban J connectivity index is 0.000000360. The Morgan fingerprint density at radius 1 is 1.29 bits per heavy atom. The van der Waals surface area contributed by atoms with Gasteiger partial charge in [-0.3, -0.25) is 0 Å². The molecule has 7 heavy (non-hydrogen) atoms. The van der Waals surface area contributed by atoms with Crippen LogP contribution in [0.1, 0.15) is 0 Å². The van der Waals surface area contributed by atoms with Crippen molar-refractivity contribution in [2.24, 2.45) is 0 Å². The van der Waals surface area contributed by atoms with Gasteiger partial charge >= 0.3 is 6.16 Å². The van der Waals surface area contributed by atoms with E-state index in [4.69, 9.17) is 0 Å². The van der Waals surface area contributed by atoms with E-state index >= 15 is 0 Å². The highest BCUT2D eigenvalue weighted by atomic mass is 16.8. The Kier molecular flexibility index (Phi) is 2.19. The predicted octanol–water partition coefficient (Wildman–Crippen LogP) is 0.603. The van der Waals surface area contributed by atoms with Gasteiger partial charge < -0.3 is 9.47 Å². The molecule has 3 nitrogen and oxygen atoms in total. The Bertz CT molecular complexity index is 61.3. The molecule has 0 unspecified atom stereocenters. The first-order valence-corrected chi connectivity index (χ1v) is 1.69. The molecular weight excluding hydrogens is 96.0 g/mol. The van der Waals surface area contributed by atoms with Gasteiger partial charge in [-0.1, -0.05) is 7.43 Å². The minimum absolute atomic E-state index is 0. The summed E-state index contributed by atoms with van der Waals surface area (Å²) in [5, 5.41) is 0. The van der Waals surface area contributed by atoms with Gasteiger partial charge in [0.15, 0.2) is 0 Å². The molecule has 1 rings (SSSR count). The van der Waals surface area contributed by atoms with E-state index in [1.807, 2.05) is 0 Å². The number of carbonyl (C=O) groups excluding carboxylic acids is 1. The van der Waals surface area contributed by atoms with Gasteiger partial charge in [-0.15, -0.1) is 0 Å². The SMILES string of the molecule is O=C1OCCO1.[CH3]. The Labute approximate surface area is 42.2 Å². The van der Waals surface area contributed by atoms with Crippen molar-refractivity contribution in [2.75, 3.05) is 13.2 Å². The fourth-order valence-electron chi connectivity index (χ4n) is 0.292. The largest absolute Gasteiger partial charge is 0.508 e. The van der Waals surface area contributed by atoms with Crippen molar-refractivity contribution in [1.29, 1.82) is 0 Å². The van der Waals surface area contributed by atoms with Crippen LogP contribution in [0.5, 0.6) is 0 Å². The lowest BCUT2D eigenvalue weighted by molar-refractivity contribution is 0.131. The van der Waals surface area contributed by atoms with E-state index in [1.54, 1.807) is 0 Å². The maximum atomic E-state index is 9.80. The summed E-state index contributed by atoms with van der Waals surface area (Å²) in [6.07, 6.45) is -0.546. The van der Waals surface area contributed by atoms with Crippen molar-refractivity contribution in [3.05, 3.63) is 7.43 Å². The lowest BCUT2D eigenvalue weighted by Crippen LogP contribution is -1.88. The standard InChI is InChI=1S/C3H4O3.CH3/c4-3-5-1-2-6-3;/h1-2H2;1H3. The zero-order valence-corrected chi connectivity index (χ0v) is 4.14. The number of ether oxygens (including phenoxy) is 2. The first-order chi connectivity index (χ1) is 2.89. The van der Waals surface area contributed by atoms with E-state index in [1.165, 1.54) is 0 Å². The monoisotopic (exact) mass is 103 g/mol. The quantitative estimate of drug-likeness (QED) is 0.421. The molecule has 1 aliphatic rings. The summed E-state index contributed by atoms with van der Waals surface area (Å²) in [5.41, 5.74) is 0. The molecule has 0 spiro atoms. The van der Waals surface area contributed by atoms with E-state index in [-0.39, 0.29) is 7.43 Å². The second-order valence-electron chi connectivity index (χ2n) is 0.947. The van der Waals surface area contributed by atoms with Gasteiger partial charge in [-0.25, -0.2) is 4.79 Å². The number of carbonyl (C=O) groups is 1. The van der Waals surface area contributed by atoms with Crippen LogP contribution in [0.25, 0.3) is 0 Å². The van der Waals surface area contributed by atoms with Gasteiger partial charge in [0.1, 0.15) is 13.2 Å². The van der Waals surface area contributed by atoms with Gasteiger partial charge in [0.05, 0.1) is 0 Å². The summed E-state index contributed by atoms with van der Waals surface area (Å²) < 4.78 is 8.58. The summed E-state index contributed by atoms with van der Waals surface area (Å²) in [5.74, 6) is 0. The fourth-order valence-corrected chi connectivity index (χ4v) is 0.292. The third kappa shape index (κ3) is 1.43. The normalized spacial score (nSPS) is 16.9.